The van der Waals surface area contributed by atoms with Crippen molar-refractivity contribution in [3.8, 4) is 0 Å². The molecule has 7 nitrogen and oxygen atoms in total. The Morgan fingerprint density at radius 2 is 2.42 bits per heavy atom. The van der Waals surface area contributed by atoms with E-state index in [-0.39, 0.29) is 18.2 Å². The van der Waals surface area contributed by atoms with E-state index >= 15 is 0 Å². The molecule has 0 fully saturated rings. The molecular weight excluding hydrogens is 250 g/mol. The number of ether oxygens (including phenoxy) is 1. The summed E-state index contributed by atoms with van der Waals surface area (Å²) in [4.78, 5) is 28.0. The molecule has 19 heavy (non-hydrogen) atoms. The number of esters is 1. The van der Waals surface area contributed by atoms with Crippen LogP contribution in [0.5, 0.6) is 0 Å². The molecule has 1 N–H and O–H groups in total. The molecule has 0 aliphatic carbocycles. The van der Waals surface area contributed by atoms with E-state index < -0.39 is 11.5 Å². The van der Waals surface area contributed by atoms with Gasteiger partial charge in [-0.15, -0.1) is 0 Å². The Hall–Kier alpha value is -2.18. The Labute approximate surface area is 109 Å². The zero-order chi connectivity index (χ0) is 14.0. The molecule has 0 amide bonds. The van der Waals surface area contributed by atoms with Gasteiger partial charge in [-0.25, -0.2) is 9.78 Å². The third kappa shape index (κ3) is 2.23. The van der Waals surface area contributed by atoms with Crippen LogP contribution in [0.4, 0.5) is 0 Å². The normalized spacial score (nSPS) is 20.1. The minimum atomic E-state index is -0.685. The molecule has 1 aliphatic heterocycles. The van der Waals surface area contributed by atoms with Crippen molar-refractivity contribution in [2.45, 2.75) is 32.7 Å². The van der Waals surface area contributed by atoms with E-state index in [1.807, 2.05) is 6.92 Å². The first kappa shape index (κ1) is 13.3. The highest BCUT2D eigenvalue weighted by molar-refractivity contribution is 5.98. The van der Waals surface area contributed by atoms with Gasteiger partial charge >= 0.3 is 5.97 Å². The number of fused-ring (bicyclic) bond motifs is 1. The molecule has 1 unspecified atom stereocenters. The van der Waals surface area contributed by atoms with Crippen LogP contribution in [0.3, 0.4) is 0 Å². The van der Waals surface area contributed by atoms with Crippen LogP contribution in [-0.2, 0) is 4.74 Å². The van der Waals surface area contributed by atoms with Crippen LogP contribution in [0.15, 0.2) is 16.1 Å². The standard InChI is InChI=1S/C12H15N3O4/c1-3-19-12(17)8-6-13-10-9(14-18)5-4-7(2)15(10)11(8)16/h6-7,18H,3-5H2,1-2H3/b14-9+. The van der Waals surface area contributed by atoms with E-state index in [1.165, 1.54) is 10.8 Å². The smallest absolute Gasteiger partial charge is 0.345 e. The maximum Gasteiger partial charge on any atom is 0.345 e. The SMILES string of the molecule is CCOC(=O)c1cnc2n(c1=O)C(C)CC/C2=N\O. The van der Waals surface area contributed by atoms with E-state index in [0.29, 0.717) is 24.4 Å². The predicted molar refractivity (Wildman–Crippen MR) is 66.7 cm³/mol. The molecule has 7 heteroatoms. The summed E-state index contributed by atoms with van der Waals surface area (Å²) in [5.41, 5.74) is -0.209. The highest BCUT2D eigenvalue weighted by Crippen LogP contribution is 2.21. The second-order valence-corrected chi connectivity index (χ2v) is 4.33. The van der Waals surface area contributed by atoms with Crippen LogP contribution in [0.2, 0.25) is 0 Å². The third-order valence-electron chi connectivity index (χ3n) is 3.11. The largest absolute Gasteiger partial charge is 0.462 e. The van der Waals surface area contributed by atoms with Crippen LogP contribution < -0.4 is 5.56 Å². The van der Waals surface area contributed by atoms with Gasteiger partial charge in [0.2, 0.25) is 0 Å². The third-order valence-corrected chi connectivity index (χ3v) is 3.11. The maximum atomic E-state index is 12.3. The van der Waals surface area contributed by atoms with Crippen molar-refractivity contribution in [1.29, 1.82) is 0 Å². The Kier molecular flexibility index (Phi) is 3.64. The second kappa shape index (κ2) is 5.21. The number of rotatable bonds is 2. The molecule has 0 saturated carbocycles. The van der Waals surface area contributed by atoms with Gasteiger partial charge in [0.05, 0.1) is 6.61 Å². The highest BCUT2D eigenvalue weighted by Gasteiger charge is 2.27. The topological polar surface area (TPSA) is 93.8 Å². The van der Waals surface area contributed by atoms with Crippen LogP contribution >= 0.6 is 0 Å². The second-order valence-electron chi connectivity index (χ2n) is 4.33. The van der Waals surface area contributed by atoms with Gasteiger partial charge in [-0.1, -0.05) is 5.16 Å². The first-order chi connectivity index (χ1) is 9.10. The summed E-state index contributed by atoms with van der Waals surface area (Å²) in [5.74, 6) is -0.380. The van der Waals surface area contributed by atoms with Gasteiger partial charge in [0.25, 0.3) is 5.56 Å². The number of aromatic nitrogens is 2. The lowest BCUT2D eigenvalue weighted by molar-refractivity contribution is 0.0522. The van der Waals surface area contributed by atoms with E-state index in [2.05, 4.69) is 10.1 Å². The molecule has 102 valence electrons. The van der Waals surface area contributed by atoms with E-state index in [1.54, 1.807) is 6.92 Å². The lowest BCUT2D eigenvalue weighted by atomic mass is 10.0. The number of hydrogen-bond donors (Lipinski definition) is 1. The van der Waals surface area contributed by atoms with Crippen molar-refractivity contribution in [2.75, 3.05) is 6.61 Å². The molecule has 2 rings (SSSR count). The van der Waals surface area contributed by atoms with Crippen molar-refractivity contribution in [1.82, 2.24) is 9.55 Å². The zero-order valence-electron chi connectivity index (χ0n) is 10.8. The molecule has 0 bridgehead atoms. The van der Waals surface area contributed by atoms with Crippen molar-refractivity contribution < 1.29 is 14.7 Å². The zero-order valence-corrected chi connectivity index (χ0v) is 10.8. The average Bonchev–Trinajstić information content (AvgIpc) is 2.39. The number of carbonyl (C=O) groups excluding carboxylic acids is 1. The first-order valence-electron chi connectivity index (χ1n) is 6.10. The van der Waals surface area contributed by atoms with Gasteiger partial charge in [-0.3, -0.25) is 9.36 Å². The minimum absolute atomic E-state index is 0.100. The summed E-state index contributed by atoms with van der Waals surface area (Å²) in [6.45, 7) is 3.72. The molecule has 0 saturated heterocycles. The number of hydrogen-bond acceptors (Lipinski definition) is 6. The Balaban J connectivity index is 2.58. The van der Waals surface area contributed by atoms with E-state index in [9.17, 15) is 9.59 Å². The summed E-state index contributed by atoms with van der Waals surface area (Å²) < 4.78 is 6.20. The van der Waals surface area contributed by atoms with Gasteiger partial charge in [-0.2, -0.15) is 0 Å². The lowest BCUT2D eigenvalue weighted by Crippen LogP contribution is -2.37. The summed E-state index contributed by atoms with van der Waals surface area (Å²) >= 11 is 0. The Morgan fingerprint density at radius 3 is 3.05 bits per heavy atom. The van der Waals surface area contributed by atoms with Gasteiger partial charge in [0.1, 0.15) is 11.3 Å². The summed E-state index contributed by atoms with van der Waals surface area (Å²) in [6, 6.07) is -0.102. The van der Waals surface area contributed by atoms with Crippen LogP contribution in [0, 0.1) is 0 Å². The Morgan fingerprint density at radius 1 is 1.68 bits per heavy atom. The molecule has 1 aliphatic rings. The quantitative estimate of drug-likeness (QED) is 0.488. The van der Waals surface area contributed by atoms with Crippen molar-refractivity contribution in [3.05, 3.63) is 27.9 Å². The van der Waals surface area contributed by atoms with Crippen LogP contribution in [0.25, 0.3) is 0 Å². The predicted octanol–water partition coefficient (Wildman–Crippen LogP) is 0.953. The molecule has 2 heterocycles. The minimum Gasteiger partial charge on any atom is -0.462 e. The van der Waals surface area contributed by atoms with Gasteiger partial charge in [0.15, 0.2) is 5.82 Å². The first-order valence-corrected chi connectivity index (χ1v) is 6.10. The van der Waals surface area contributed by atoms with Gasteiger partial charge in [0, 0.05) is 12.2 Å². The summed E-state index contributed by atoms with van der Waals surface area (Å²) in [7, 11) is 0. The number of carbonyl (C=O) groups is 1. The van der Waals surface area contributed by atoms with Crippen LogP contribution in [0.1, 0.15) is 48.9 Å². The molecule has 0 radical (unpaired) electrons. The maximum absolute atomic E-state index is 12.3. The monoisotopic (exact) mass is 265 g/mol. The van der Waals surface area contributed by atoms with Gasteiger partial charge in [-0.05, 0) is 26.7 Å². The molecule has 1 atom stereocenters. The summed E-state index contributed by atoms with van der Waals surface area (Å²) in [6.07, 6.45) is 2.37. The van der Waals surface area contributed by atoms with Crippen molar-refractivity contribution >= 4 is 11.7 Å². The van der Waals surface area contributed by atoms with Crippen molar-refractivity contribution in [2.24, 2.45) is 5.16 Å². The summed E-state index contributed by atoms with van der Waals surface area (Å²) in [5, 5.41) is 12.1. The van der Waals surface area contributed by atoms with E-state index in [0.717, 1.165) is 0 Å². The average molecular weight is 265 g/mol. The Bertz CT molecular complexity index is 591. The molecule has 0 spiro atoms. The molecule has 1 aromatic heterocycles. The number of oxime groups is 1. The highest BCUT2D eigenvalue weighted by atomic mass is 16.5. The van der Waals surface area contributed by atoms with Crippen molar-refractivity contribution in [3.63, 3.8) is 0 Å². The molecular formula is C12H15N3O4. The van der Waals surface area contributed by atoms with Crippen LogP contribution in [-0.4, -0.2) is 33.0 Å². The molecule has 0 aromatic carbocycles. The van der Waals surface area contributed by atoms with E-state index in [4.69, 9.17) is 9.94 Å². The number of nitrogens with zero attached hydrogens (tertiary/aromatic N) is 3. The molecule has 1 aromatic rings. The lowest BCUT2D eigenvalue weighted by Gasteiger charge is -2.24. The van der Waals surface area contributed by atoms with Gasteiger partial charge < -0.3 is 9.94 Å². The fourth-order valence-electron chi connectivity index (χ4n) is 2.12. The fraction of sp³-hybridized carbons (Fsp3) is 0.500. The fourth-order valence-corrected chi connectivity index (χ4v) is 2.12.